The predicted molar refractivity (Wildman–Crippen MR) is 103 cm³/mol. The van der Waals surface area contributed by atoms with Gasteiger partial charge in [-0.3, -0.25) is 4.79 Å². The van der Waals surface area contributed by atoms with Gasteiger partial charge in [0.1, 0.15) is 17.4 Å². The molecule has 27 heavy (non-hydrogen) atoms. The molecule has 0 unspecified atom stereocenters. The van der Waals surface area contributed by atoms with E-state index in [-0.39, 0.29) is 17.1 Å². The highest BCUT2D eigenvalue weighted by atomic mass is 19.1. The van der Waals surface area contributed by atoms with Crippen LogP contribution in [0.2, 0.25) is 0 Å². The molecule has 0 bridgehead atoms. The van der Waals surface area contributed by atoms with Crippen LogP contribution in [-0.2, 0) is 13.1 Å². The molecule has 0 aliphatic carbocycles. The molecule has 2 rings (SSSR count). The molecule has 4 nitrogen and oxygen atoms in total. The molecule has 2 aromatic rings. The summed E-state index contributed by atoms with van der Waals surface area (Å²) >= 11 is 0. The van der Waals surface area contributed by atoms with Crippen LogP contribution >= 0.6 is 0 Å². The van der Waals surface area contributed by atoms with Crippen LogP contribution in [0.5, 0.6) is 5.75 Å². The van der Waals surface area contributed by atoms with Gasteiger partial charge in [0.2, 0.25) is 0 Å². The Labute approximate surface area is 158 Å². The number of benzene rings is 2. The van der Waals surface area contributed by atoms with E-state index < -0.39 is 11.6 Å². The summed E-state index contributed by atoms with van der Waals surface area (Å²) in [7, 11) is 7.47. The van der Waals surface area contributed by atoms with Crippen molar-refractivity contribution in [2.45, 2.75) is 13.1 Å². The van der Waals surface area contributed by atoms with E-state index in [2.05, 4.69) is 0 Å². The molecule has 0 fully saturated rings. The summed E-state index contributed by atoms with van der Waals surface area (Å²) in [5.74, 6) is -1.37. The molecule has 0 aliphatic heterocycles. The normalized spacial score (nSPS) is 11.7. The Morgan fingerprint density at radius 3 is 2.07 bits per heavy atom. The van der Waals surface area contributed by atoms with Gasteiger partial charge in [0.25, 0.3) is 0 Å². The molecule has 0 saturated heterocycles. The molecular weight excluding hydrogens is 350 g/mol. The SMILES string of the molecule is CN(C)Cc1cc(C(=O)/C=C/c2cc(F)ccc2F)cc(CN(C)C)c1O. The lowest BCUT2D eigenvalue weighted by molar-refractivity contribution is 0.104. The largest absolute Gasteiger partial charge is 0.507 e. The first kappa shape index (κ1) is 20.7. The molecule has 0 spiro atoms. The Hall–Kier alpha value is -2.57. The van der Waals surface area contributed by atoms with E-state index >= 15 is 0 Å². The first-order valence-electron chi connectivity index (χ1n) is 8.49. The Kier molecular flexibility index (Phi) is 6.82. The fourth-order valence-electron chi connectivity index (χ4n) is 2.73. The standard InChI is InChI=1S/C21H24F2N2O2/c1-24(2)12-16-9-15(10-17(21(16)27)13-25(3)4)20(26)8-5-14-11-18(22)6-7-19(14)23/h5-11,27H,12-13H2,1-4H3/b8-5+. The Balaban J connectivity index is 2.38. The van der Waals surface area contributed by atoms with Gasteiger partial charge in [-0.05, 0) is 70.7 Å². The number of phenolic OH excluding ortho intramolecular Hbond substituents is 1. The van der Waals surface area contributed by atoms with Crippen molar-refractivity contribution >= 4 is 11.9 Å². The number of phenols is 1. The molecule has 0 heterocycles. The van der Waals surface area contributed by atoms with Crippen molar-refractivity contribution in [2.75, 3.05) is 28.2 Å². The molecule has 0 saturated carbocycles. The van der Waals surface area contributed by atoms with Crippen LogP contribution in [0.4, 0.5) is 8.78 Å². The van der Waals surface area contributed by atoms with Crippen molar-refractivity contribution in [1.29, 1.82) is 0 Å². The third-order valence-corrected chi connectivity index (χ3v) is 3.90. The number of allylic oxidation sites excluding steroid dienone is 1. The van der Waals surface area contributed by atoms with Crippen LogP contribution in [0.1, 0.15) is 27.0 Å². The van der Waals surface area contributed by atoms with E-state index in [4.69, 9.17) is 0 Å². The molecule has 144 valence electrons. The minimum Gasteiger partial charge on any atom is -0.507 e. The maximum atomic E-state index is 13.7. The number of carbonyl (C=O) groups is 1. The highest BCUT2D eigenvalue weighted by Gasteiger charge is 2.14. The van der Waals surface area contributed by atoms with Crippen molar-refractivity contribution in [3.8, 4) is 5.75 Å². The number of halogens is 2. The van der Waals surface area contributed by atoms with Gasteiger partial charge in [0.15, 0.2) is 5.78 Å². The van der Waals surface area contributed by atoms with Gasteiger partial charge in [0.05, 0.1) is 0 Å². The van der Waals surface area contributed by atoms with Gasteiger partial charge in [-0.2, -0.15) is 0 Å². The summed E-state index contributed by atoms with van der Waals surface area (Å²) in [5.41, 5.74) is 1.65. The topological polar surface area (TPSA) is 43.8 Å². The predicted octanol–water partition coefficient (Wildman–Crippen LogP) is 3.69. The fourth-order valence-corrected chi connectivity index (χ4v) is 2.73. The molecule has 0 radical (unpaired) electrons. The number of carbonyl (C=O) groups excluding carboxylic acids is 1. The van der Waals surface area contributed by atoms with E-state index in [1.165, 1.54) is 12.2 Å². The second-order valence-electron chi connectivity index (χ2n) is 6.98. The molecule has 0 atom stereocenters. The fraction of sp³-hybridized carbons (Fsp3) is 0.286. The second-order valence-corrected chi connectivity index (χ2v) is 6.98. The summed E-state index contributed by atoms with van der Waals surface area (Å²) in [6.45, 7) is 0.936. The first-order chi connectivity index (χ1) is 12.7. The summed E-state index contributed by atoms with van der Waals surface area (Å²) in [6, 6.07) is 6.33. The number of rotatable bonds is 7. The maximum Gasteiger partial charge on any atom is 0.185 e. The summed E-state index contributed by atoms with van der Waals surface area (Å²) in [6.07, 6.45) is 2.47. The van der Waals surface area contributed by atoms with Gasteiger partial charge in [-0.15, -0.1) is 0 Å². The highest BCUT2D eigenvalue weighted by Crippen LogP contribution is 2.27. The van der Waals surface area contributed by atoms with E-state index in [0.717, 1.165) is 18.2 Å². The van der Waals surface area contributed by atoms with Crippen LogP contribution in [0.3, 0.4) is 0 Å². The van der Waals surface area contributed by atoms with Crippen LogP contribution in [0, 0.1) is 11.6 Å². The van der Waals surface area contributed by atoms with E-state index in [1.54, 1.807) is 12.1 Å². The minimum absolute atomic E-state index is 0.00385. The van der Waals surface area contributed by atoms with Crippen molar-refractivity contribution in [3.63, 3.8) is 0 Å². The summed E-state index contributed by atoms with van der Waals surface area (Å²) in [4.78, 5) is 16.4. The summed E-state index contributed by atoms with van der Waals surface area (Å²) in [5, 5.41) is 10.5. The minimum atomic E-state index is -0.604. The average molecular weight is 374 g/mol. The molecule has 6 heteroatoms. The van der Waals surface area contributed by atoms with Gasteiger partial charge < -0.3 is 14.9 Å². The van der Waals surface area contributed by atoms with Crippen LogP contribution in [0.25, 0.3) is 6.08 Å². The Bertz CT molecular complexity index is 830. The number of ketones is 1. The van der Waals surface area contributed by atoms with Gasteiger partial charge >= 0.3 is 0 Å². The molecule has 2 aromatic carbocycles. The first-order valence-corrected chi connectivity index (χ1v) is 8.49. The Morgan fingerprint density at radius 1 is 1.00 bits per heavy atom. The maximum absolute atomic E-state index is 13.7. The molecule has 0 aliphatic rings. The van der Waals surface area contributed by atoms with Crippen LogP contribution in [-0.4, -0.2) is 48.9 Å². The average Bonchev–Trinajstić information content (AvgIpc) is 2.58. The van der Waals surface area contributed by atoms with E-state index in [9.17, 15) is 18.7 Å². The summed E-state index contributed by atoms with van der Waals surface area (Å²) < 4.78 is 27.0. The molecule has 0 aromatic heterocycles. The lowest BCUT2D eigenvalue weighted by Gasteiger charge is -2.17. The zero-order valence-electron chi connectivity index (χ0n) is 16.0. The van der Waals surface area contributed by atoms with Crippen molar-refractivity contribution in [2.24, 2.45) is 0 Å². The Morgan fingerprint density at radius 2 is 1.56 bits per heavy atom. The van der Waals surface area contributed by atoms with Crippen molar-refractivity contribution < 1.29 is 18.7 Å². The number of nitrogens with zero attached hydrogens (tertiary/aromatic N) is 2. The molecule has 0 amide bonds. The second kappa shape index (κ2) is 8.88. The van der Waals surface area contributed by atoms with Crippen LogP contribution in [0.15, 0.2) is 36.4 Å². The van der Waals surface area contributed by atoms with E-state index in [0.29, 0.717) is 29.8 Å². The molecular formula is C21H24F2N2O2. The van der Waals surface area contributed by atoms with Crippen molar-refractivity contribution in [3.05, 3.63) is 70.3 Å². The van der Waals surface area contributed by atoms with E-state index in [1.807, 2.05) is 38.0 Å². The zero-order valence-corrected chi connectivity index (χ0v) is 16.0. The highest BCUT2D eigenvalue weighted by molar-refractivity contribution is 6.07. The van der Waals surface area contributed by atoms with Crippen molar-refractivity contribution in [1.82, 2.24) is 9.80 Å². The number of aromatic hydroxyl groups is 1. The van der Waals surface area contributed by atoms with Gasteiger partial charge in [-0.1, -0.05) is 0 Å². The van der Waals surface area contributed by atoms with Gasteiger partial charge in [-0.25, -0.2) is 8.78 Å². The third kappa shape index (κ3) is 5.70. The lowest BCUT2D eigenvalue weighted by Crippen LogP contribution is -2.15. The van der Waals surface area contributed by atoms with Gasteiger partial charge in [0, 0.05) is 35.3 Å². The monoisotopic (exact) mass is 374 g/mol. The lowest BCUT2D eigenvalue weighted by atomic mass is 10.00. The van der Waals surface area contributed by atoms with Crippen LogP contribution < -0.4 is 0 Å². The quantitative estimate of drug-likeness (QED) is 0.593. The number of hydrogen-bond acceptors (Lipinski definition) is 4. The smallest absolute Gasteiger partial charge is 0.185 e. The zero-order chi connectivity index (χ0) is 20.1. The third-order valence-electron chi connectivity index (χ3n) is 3.90. The number of hydrogen-bond donors (Lipinski definition) is 1. The molecule has 1 N–H and O–H groups in total.